The Bertz CT molecular complexity index is 119. The molecule has 0 aromatic rings. The highest BCUT2D eigenvalue weighted by Crippen LogP contribution is 2.15. The molecule has 0 N–H and O–H groups in total. The van der Waals surface area contributed by atoms with Gasteiger partial charge in [0.15, 0.2) is 0 Å². The number of carbonyl (C=O) groups is 1. The van der Waals surface area contributed by atoms with Crippen LogP contribution < -0.4 is 0 Å². The van der Waals surface area contributed by atoms with Crippen LogP contribution in [-0.2, 0) is 4.79 Å². The SMILES string of the molecule is CC.CN1CC(F)C(C=O)C1. The van der Waals surface area contributed by atoms with Crippen LogP contribution in [-0.4, -0.2) is 37.5 Å². The molecule has 1 rings (SSSR count). The Morgan fingerprint density at radius 3 is 2.18 bits per heavy atom. The fourth-order valence-corrected chi connectivity index (χ4v) is 1.11. The Morgan fingerprint density at radius 1 is 1.45 bits per heavy atom. The lowest BCUT2D eigenvalue weighted by Crippen LogP contribution is -2.14. The monoisotopic (exact) mass is 161 g/mol. The Labute approximate surface area is 67.4 Å². The predicted octanol–water partition coefficient (Wildman–Crippen LogP) is 1.11. The van der Waals surface area contributed by atoms with Crippen LogP contribution in [0.4, 0.5) is 4.39 Å². The van der Waals surface area contributed by atoms with Crippen molar-refractivity contribution in [3.05, 3.63) is 0 Å². The molecule has 0 saturated carbocycles. The molecule has 1 aliphatic heterocycles. The molecule has 0 radical (unpaired) electrons. The molecule has 1 heterocycles. The van der Waals surface area contributed by atoms with Crippen LogP contribution in [0.25, 0.3) is 0 Å². The zero-order valence-electron chi connectivity index (χ0n) is 7.38. The van der Waals surface area contributed by atoms with E-state index in [2.05, 4.69) is 0 Å². The van der Waals surface area contributed by atoms with Crippen LogP contribution in [0.15, 0.2) is 0 Å². The molecule has 2 unspecified atom stereocenters. The zero-order valence-corrected chi connectivity index (χ0v) is 7.38. The number of alkyl halides is 1. The maximum atomic E-state index is 12.6. The second-order valence-electron chi connectivity index (χ2n) is 2.54. The van der Waals surface area contributed by atoms with E-state index in [0.717, 1.165) is 0 Å². The Hall–Kier alpha value is -0.440. The van der Waals surface area contributed by atoms with E-state index in [1.807, 2.05) is 25.8 Å². The van der Waals surface area contributed by atoms with Gasteiger partial charge < -0.3 is 9.69 Å². The number of carbonyl (C=O) groups excluding carboxylic acids is 1. The van der Waals surface area contributed by atoms with Crippen molar-refractivity contribution in [1.82, 2.24) is 4.90 Å². The average Bonchev–Trinajstić information content (AvgIpc) is 2.33. The third-order valence-corrected chi connectivity index (χ3v) is 1.65. The van der Waals surface area contributed by atoms with Crippen molar-refractivity contribution in [3.63, 3.8) is 0 Å². The molecule has 3 heteroatoms. The van der Waals surface area contributed by atoms with E-state index in [-0.39, 0.29) is 5.92 Å². The quantitative estimate of drug-likeness (QED) is 0.537. The molecule has 0 spiro atoms. The van der Waals surface area contributed by atoms with Crippen molar-refractivity contribution >= 4 is 6.29 Å². The number of hydrogen-bond donors (Lipinski definition) is 0. The highest BCUT2D eigenvalue weighted by molar-refractivity contribution is 5.55. The number of rotatable bonds is 1. The Morgan fingerprint density at radius 2 is 2.00 bits per heavy atom. The fraction of sp³-hybridized carbons (Fsp3) is 0.875. The van der Waals surface area contributed by atoms with Gasteiger partial charge in [0, 0.05) is 13.1 Å². The molecular weight excluding hydrogens is 145 g/mol. The van der Waals surface area contributed by atoms with Gasteiger partial charge in [0.1, 0.15) is 12.5 Å². The third-order valence-electron chi connectivity index (χ3n) is 1.65. The van der Waals surface area contributed by atoms with Crippen LogP contribution in [0.3, 0.4) is 0 Å². The summed E-state index contributed by atoms with van der Waals surface area (Å²) >= 11 is 0. The van der Waals surface area contributed by atoms with Crippen LogP contribution >= 0.6 is 0 Å². The van der Waals surface area contributed by atoms with Gasteiger partial charge in [-0.05, 0) is 7.05 Å². The summed E-state index contributed by atoms with van der Waals surface area (Å²) < 4.78 is 12.6. The van der Waals surface area contributed by atoms with Gasteiger partial charge in [0.2, 0.25) is 0 Å². The largest absolute Gasteiger partial charge is 0.303 e. The van der Waals surface area contributed by atoms with Crippen LogP contribution in [0.5, 0.6) is 0 Å². The molecule has 0 amide bonds. The highest BCUT2D eigenvalue weighted by Gasteiger charge is 2.29. The molecule has 0 aliphatic carbocycles. The van der Waals surface area contributed by atoms with Gasteiger partial charge in [-0.2, -0.15) is 0 Å². The van der Waals surface area contributed by atoms with Crippen molar-refractivity contribution < 1.29 is 9.18 Å². The van der Waals surface area contributed by atoms with Crippen molar-refractivity contribution in [1.29, 1.82) is 0 Å². The Kier molecular flexibility index (Phi) is 5.03. The summed E-state index contributed by atoms with van der Waals surface area (Å²) in [6.07, 6.45) is -0.235. The van der Waals surface area contributed by atoms with E-state index < -0.39 is 6.17 Å². The molecule has 2 atom stereocenters. The predicted molar refractivity (Wildman–Crippen MR) is 43.3 cm³/mol. The van der Waals surface area contributed by atoms with Gasteiger partial charge >= 0.3 is 0 Å². The van der Waals surface area contributed by atoms with Crippen LogP contribution in [0, 0.1) is 5.92 Å². The minimum absolute atomic E-state index is 0.380. The van der Waals surface area contributed by atoms with E-state index in [1.165, 1.54) is 0 Å². The van der Waals surface area contributed by atoms with Crippen molar-refractivity contribution in [2.75, 3.05) is 20.1 Å². The van der Waals surface area contributed by atoms with Gasteiger partial charge in [-0.3, -0.25) is 0 Å². The lowest BCUT2D eigenvalue weighted by molar-refractivity contribution is -0.111. The number of nitrogens with zero attached hydrogens (tertiary/aromatic N) is 1. The summed E-state index contributed by atoms with van der Waals surface area (Å²) in [6.45, 7) is 4.98. The summed E-state index contributed by atoms with van der Waals surface area (Å²) in [4.78, 5) is 11.9. The molecule has 1 saturated heterocycles. The number of hydrogen-bond acceptors (Lipinski definition) is 2. The fourth-order valence-electron chi connectivity index (χ4n) is 1.11. The lowest BCUT2D eigenvalue weighted by atomic mass is 10.1. The minimum atomic E-state index is -0.938. The van der Waals surface area contributed by atoms with E-state index in [1.54, 1.807) is 0 Å². The first-order chi connectivity index (χ1) is 5.24. The number of halogens is 1. The van der Waals surface area contributed by atoms with Gasteiger partial charge in [-0.25, -0.2) is 4.39 Å². The van der Waals surface area contributed by atoms with Gasteiger partial charge in [0.05, 0.1) is 5.92 Å². The summed E-state index contributed by atoms with van der Waals surface area (Å²) in [7, 11) is 1.82. The summed E-state index contributed by atoms with van der Waals surface area (Å²) in [5, 5.41) is 0. The Balaban J connectivity index is 0.000000461. The molecule has 11 heavy (non-hydrogen) atoms. The summed E-state index contributed by atoms with van der Waals surface area (Å²) in [5.41, 5.74) is 0. The first-order valence-corrected chi connectivity index (χ1v) is 4.02. The molecule has 66 valence electrons. The van der Waals surface area contributed by atoms with Gasteiger partial charge in [-0.15, -0.1) is 0 Å². The minimum Gasteiger partial charge on any atom is -0.303 e. The molecule has 1 aliphatic rings. The molecule has 0 aromatic heterocycles. The van der Waals surface area contributed by atoms with Crippen molar-refractivity contribution in [2.24, 2.45) is 5.92 Å². The molecule has 0 bridgehead atoms. The maximum Gasteiger partial charge on any atom is 0.127 e. The lowest BCUT2D eigenvalue weighted by Gasteiger charge is -2.02. The molecule has 0 aromatic carbocycles. The third kappa shape index (κ3) is 2.97. The smallest absolute Gasteiger partial charge is 0.127 e. The molecular formula is C8H16FNO. The number of aldehydes is 1. The van der Waals surface area contributed by atoms with Crippen LogP contribution in [0.1, 0.15) is 13.8 Å². The van der Waals surface area contributed by atoms with E-state index >= 15 is 0 Å². The molecule has 2 nitrogen and oxygen atoms in total. The average molecular weight is 161 g/mol. The standard InChI is InChI=1S/C6H10FNO.C2H6/c1-8-2-5(4-9)6(7)3-8;1-2/h4-6H,2-3H2,1H3;1-2H3. The van der Waals surface area contributed by atoms with E-state index in [9.17, 15) is 9.18 Å². The first kappa shape index (κ1) is 10.6. The second kappa shape index (κ2) is 5.24. The number of likely N-dealkylation sites (tertiary alicyclic amines) is 1. The summed E-state index contributed by atoms with van der Waals surface area (Å²) in [5.74, 6) is -0.380. The van der Waals surface area contributed by atoms with E-state index in [0.29, 0.717) is 19.4 Å². The van der Waals surface area contributed by atoms with Gasteiger partial charge in [-0.1, -0.05) is 13.8 Å². The van der Waals surface area contributed by atoms with E-state index in [4.69, 9.17) is 0 Å². The topological polar surface area (TPSA) is 20.3 Å². The normalized spacial score (nSPS) is 30.9. The van der Waals surface area contributed by atoms with Crippen molar-refractivity contribution in [3.8, 4) is 0 Å². The second-order valence-corrected chi connectivity index (χ2v) is 2.54. The van der Waals surface area contributed by atoms with Gasteiger partial charge in [0.25, 0.3) is 0 Å². The highest BCUT2D eigenvalue weighted by atomic mass is 19.1. The zero-order chi connectivity index (χ0) is 8.85. The van der Waals surface area contributed by atoms with Crippen LogP contribution in [0.2, 0.25) is 0 Å². The first-order valence-electron chi connectivity index (χ1n) is 4.02. The molecule has 1 fully saturated rings. The summed E-state index contributed by atoms with van der Waals surface area (Å²) in [6, 6.07) is 0. The maximum absolute atomic E-state index is 12.6. The van der Waals surface area contributed by atoms with Crippen molar-refractivity contribution in [2.45, 2.75) is 20.0 Å².